The number of nitrogens with one attached hydrogen (secondary N) is 1. The standard InChI is InChI=1S/C9H15N3/c1-5-7(11-12-8(5)10)6-4-9(6,2)3/h6H,4H2,1-3H3,(H3,10,11,12). The number of hydrogen-bond acceptors (Lipinski definition) is 2. The van der Waals surface area contributed by atoms with Crippen molar-refractivity contribution in [2.75, 3.05) is 5.73 Å². The van der Waals surface area contributed by atoms with Crippen molar-refractivity contribution in [1.82, 2.24) is 10.2 Å². The first-order valence-corrected chi connectivity index (χ1v) is 4.33. The molecular weight excluding hydrogens is 150 g/mol. The first kappa shape index (κ1) is 7.65. The second-order valence-corrected chi connectivity index (χ2v) is 4.39. The van der Waals surface area contributed by atoms with Gasteiger partial charge in [-0.05, 0) is 18.8 Å². The van der Waals surface area contributed by atoms with E-state index in [1.165, 1.54) is 12.1 Å². The molecule has 66 valence electrons. The van der Waals surface area contributed by atoms with Gasteiger partial charge in [0.05, 0.1) is 0 Å². The molecule has 1 heterocycles. The van der Waals surface area contributed by atoms with E-state index in [-0.39, 0.29) is 0 Å². The van der Waals surface area contributed by atoms with Crippen molar-refractivity contribution < 1.29 is 0 Å². The zero-order chi connectivity index (χ0) is 8.93. The number of rotatable bonds is 1. The largest absolute Gasteiger partial charge is 0.382 e. The Morgan fingerprint density at radius 2 is 2.17 bits per heavy atom. The number of aromatic nitrogens is 2. The van der Waals surface area contributed by atoms with E-state index in [1.807, 2.05) is 6.92 Å². The van der Waals surface area contributed by atoms with E-state index >= 15 is 0 Å². The number of nitrogens with zero attached hydrogens (tertiary/aromatic N) is 1. The molecular formula is C9H15N3. The Kier molecular flexibility index (Phi) is 1.29. The number of aromatic amines is 1. The molecule has 2 rings (SSSR count). The molecule has 1 atom stereocenters. The van der Waals surface area contributed by atoms with Gasteiger partial charge in [-0.15, -0.1) is 0 Å². The van der Waals surface area contributed by atoms with Crippen LogP contribution in [0.2, 0.25) is 0 Å². The number of nitrogen functional groups attached to an aromatic ring is 1. The predicted molar refractivity (Wildman–Crippen MR) is 48.9 cm³/mol. The summed E-state index contributed by atoms with van der Waals surface area (Å²) in [4.78, 5) is 0. The van der Waals surface area contributed by atoms with Crippen LogP contribution in [0, 0.1) is 12.3 Å². The third kappa shape index (κ3) is 0.924. The van der Waals surface area contributed by atoms with Crippen LogP contribution in [-0.4, -0.2) is 10.2 Å². The molecule has 0 aromatic carbocycles. The third-order valence-electron chi connectivity index (χ3n) is 2.95. The molecule has 1 saturated carbocycles. The van der Waals surface area contributed by atoms with Crippen molar-refractivity contribution in [1.29, 1.82) is 0 Å². The molecule has 1 aromatic heterocycles. The number of nitrogens with two attached hydrogens (primary N) is 1. The van der Waals surface area contributed by atoms with Gasteiger partial charge < -0.3 is 5.73 Å². The molecule has 12 heavy (non-hydrogen) atoms. The van der Waals surface area contributed by atoms with Gasteiger partial charge >= 0.3 is 0 Å². The summed E-state index contributed by atoms with van der Waals surface area (Å²) in [6.45, 7) is 6.57. The molecule has 1 aliphatic carbocycles. The second kappa shape index (κ2) is 2.03. The lowest BCUT2D eigenvalue weighted by Crippen LogP contribution is -1.92. The van der Waals surface area contributed by atoms with E-state index in [0.717, 1.165) is 5.56 Å². The smallest absolute Gasteiger partial charge is 0.148 e. The fourth-order valence-corrected chi connectivity index (χ4v) is 1.73. The average molecular weight is 165 g/mol. The van der Waals surface area contributed by atoms with Crippen LogP contribution in [-0.2, 0) is 0 Å². The average Bonchev–Trinajstić information content (AvgIpc) is 2.47. The summed E-state index contributed by atoms with van der Waals surface area (Å²) in [7, 11) is 0. The lowest BCUT2D eigenvalue weighted by Gasteiger charge is -2.00. The van der Waals surface area contributed by atoms with Gasteiger partial charge in [0.1, 0.15) is 5.82 Å². The van der Waals surface area contributed by atoms with Gasteiger partial charge in [0.25, 0.3) is 0 Å². The van der Waals surface area contributed by atoms with Gasteiger partial charge in [0.15, 0.2) is 0 Å². The summed E-state index contributed by atoms with van der Waals surface area (Å²) in [5.74, 6) is 1.29. The van der Waals surface area contributed by atoms with Crippen LogP contribution in [0.15, 0.2) is 0 Å². The van der Waals surface area contributed by atoms with Crippen molar-refractivity contribution in [3.8, 4) is 0 Å². The van der Waals surface area contributed by atoms with Crippen LogP contribution in [0.4, 0.5) is 5.82 Å². The van der Waals surface area contributed by atoms with E-state index in [9.17, 15) is 0 Å². The molecule has 0 aliphatic heterocycles. The molecule has 1 aliphatic rings. The second-order valence-electron chi connectivity index (χ2n) is 4.39. The summed E-state index contributed by atoms with van der Waals surface area (Å²) in [6, 6.07) is 0. The number of anilines is 1. The van der Waals surface area contributed by atoms with Gasteiger partial charge in [-0.1, -0.05) is 13.8 Å². The van der Waals surface area contributed by atoms with Crippen molar-refractivity contribution in [3.63, 3.8) is 0 Å². The minimum Gasteiger partial charge on any atom is -0.382 e. The first-order chi connectivity index (χ1) is 5.52. The summed E-state index contributed by atoms with van der Waals surface area (Å²) >= 11 is 0. The molecule has 3 heteroatoms. The van der Waals surface area contributed by atoms with Gasteiger partial charge in [0, 0.05) is 17.2 Å². The number of H-pyrrole nitrogens is 1. The van der Waals surface area contributed by atoms with Gasteiger partial charge in [-0.25, -0.2) is 0 Å². The Hall–Kier alpha value is -0.990. The normalized spacial score (nSPS) is 25.8. The molecule has 1 aromatic rings. The zero-order valence-corrected chi connectivity index (χ0v) is 7.81. The highest BCUT2D eigenvalue weighted by Gasteiger charge is 2.48. The molecule has 1 fully saturated rings. The molecule has 0 bridgehead atoms. The van der Waals surface area contributed by atoms with Crippen molar-refractivity contribution in [2.45, 2.75) is 33.1 Å². The highest BCUT2D eigenvalue weighted by atomic mass is 15.2. The lowest BCUT2D eigenvalue weighted by molar-refractivity contribution is 0.614. The van der Waals surface area contributed by atoms with Crippen LogP contribution < -0.4 is 5.73 Å². The maximum absolute atomic E-state index is 5.65. The van der Waals surface area contributed by atoms with Gasteiger partial charge in [-0.3, -0.25) is 5.10 Å². The minimum absolute atomic E-state index is 0.448. The summed E-state index contributed by atoms with van der Waals surface area (Å²) in [6.07, 6.45) is 1.25. The van der Waals surface area contributed by atoms with E-state index in [0.29, 0.717) is 17.2 Å². The van der Waals surface area contributed by atoms with Crippen LogP contribution in [0.1, 0.15) is 37.4 Å². The highest BCUT2D eigenvalue weighted by Crippen LogP contribution is 2.58. The van der Waals surface area contributed by atoms with Crippen molar-refractivity contribution in [3.05, 3.63) is 11.3 Å². The summed E-state index contributed by atoms with van der Waals surface area (Å²) in [5, 5.41) is 7.01. The molecule has 0 amide bonds. The fourth-order valence-electron chi connectivity index (χ4n) is 1.73. The van der Waals surface area contributed by atoms with E-state index < -0.39 is 0 Å². The molecule has 1 unspecified atom stereocenters. The number of hydrogen-bond donors (Lipinski definition) is 2. The molecule has 3 N–H and O–H groups in total. The summed E-state index contributed by atoms with van der Waals surface area (Å²) in [5.41, 5.74) is 8.46. The Morgan fingerprint density at radius 3 is 2.50 bits per heavy atom. The summed E-state index contributed by atoms with van der Waals surface area (Å²) < 4.78 is 0. The SMILES string of the molecule is Cc1c(N)n[nH]c1C1CC1(C)C. The van der Waals surface area contributed by atoms with Crippen LogP contribution in [0.5, 0.6) is 0 Å². The monoisotopic (exact) mass is 165 g/mol. The Balaban J connectivity index is 2.31. The van der Waals surface area contributed by atoms with Crippen molar-refractivity contribution in [2.24, 2.45) is 5.41 Å². The molecule has 0 spiro atoms. The lowest BCUT2D eigenvalue weighted by atomic mass is 10.1. The first-order valence-electron chi connectivity index (χ1n) is 4.33. The molecule has 0 radical (unpaired) electrons. The Morgan fingerprint density at radius 1 is 1.58 bits per heavy atom. The van der Waals surface area contributed by atoms with Crippen LogP contribution >= 0.6 is 0 Å². The fraction of sp³-hybridized carbons (Fsp3) is 0.667. The quantitative estimate of drug-likeness (QED) is 0.666. The van der Waals surface area contributed by atoms with Gasteiger partial charge in [-0.2, -0.15) is 5.10 Å². The third-order valence-corrected chi connectivity index (χ3v) is 2.95. The van der Waals surface area contributed by atoms with Crippen molar-refractivity contribution >= 4 is 5.82 Å². The maximum atomic E-state index is 5.65. The van der Waals surface area contributed by atoms with Gasteiger partial charge in [0.2, 0.25) is 0 Å². The van der Waals surface area contributed by atoms with E-state index in [2.05, 4.69) is 24.0 Å². The molecule has 3 nitrogen and oxygen atoms in total. The Labute approximate surface area is 72.4 Å². The van der Waals surface area contributed by atoms with E-state index in [1.54, 1.807) is 0 Å². The maximum Gasteiger partial charge on any atom is 0.148 e. The minimum atomic E-state index is 0.448. The van der Waals surface area contributed by atoms with Crippen LogP contribution in [0.3, 0.4) is 0 Å². The van der Waals surface area contributed by atoms with Crippen LogP contribution in [0.25, 0.3) is 0 Å². The highest BCUT2D eigenvalue weighted by molar-refractivity contribution is 5.44. The van der Waals surface area contributed by atoms with E-state index in [4.69, 9.17) is 5.73 Å². The zero-order valence-electron chi connectivity index (χ0n) is 7.81. The predicted octanol–water partition coefficient (Wildman–Crippen LogP) is 1.81. The molecule has 0 saturated heterocycles. The topological polar surface area (TPSA) is 54.7 Å². The Bertz CT molecular complexity index is 312.